The molecule has 0 aliphatic carbocycles. The molecule has 0 saturated carbocycles. The lowest BCUT2D eigenvalue weighted by molar-refractivity contribution is -0.141. The minimum atomic E-state index is -0.956. The van der Waals surface area contributed by atoms with Crippen LogP contribution in [-0.2, 0) is 22.6 Å². The molecular formula is C41H51N5O3. The molecule has 5 rings (SSSR count). The van der Waals surface area contributed by atoms with Crippen LogP contribution in [0.4, 0.5) is 0 Å². The second-order valence-electron chi connectivity index (χ2n) is 14.9. The normalized spacial score (nSPS) is 17.4. The van der Waals surface area contributed by atoms with E-state index in [1.807, 2.05) is 79.7 Å². The molecule has 8 nitrogen and oxygen atoms in total. The third-order valence-corrected chi connectivity index (χ3v) is 9.70. The summed E-state index contributed by atoms with van der Waals surface area (Å²) in [5.74, 6) is -1.34. The Kier molecular flexibility index (Phi) is 10.9. The van der Waals surface area contributed by atoms with Crippen molar-refractivity contribution >= 4 is 28.5 Å². The third-order valence-electron chi connectivity index (χ3n) is 9.70. The zero-order valence-electron chi connectivity index (χ0n) is 29.6. The number of carbonyl (C=O) groups excluding carboxylic acids is 3. The van der Waals surface area contributed by atoms with Crippen LogP contribution < -0.4 is 21.7 Å². The predicted molar refractivity (Wildman–Crippen MR) is 197 cm³/mol. The van der Waals surface area contributed by atoms with Gasteiger partial charge in [0.2, 0.25) is 11.8 Å². The lowest BCUT2D eigenvalue weighted by Crippen LogP contribution is -2.64. The molecule has 3 atom stereocenters. The molecule has 1 fully saturated rings. The number of nitrogens with one attached hydrogen (secondary N) is 3. The largest absolute Gasteiger partial charge is 0.351 e. The maximum atomic E-state index is 14.7. The summed E-state index contributed by atoms with van der Waals surface area (Å²) in [7, 11) is 1.67. The van der Waals surface area contributed by atoms with E-state index < -0.39 is 18.0 Å². The van der Waals surface area contributed by atoms with E-state index in [1.54, 1.807) is 25.2 Å². The molecule has 0 bridgehead atoms. The first kappa shape index (κ1) is 35.8. The summed E-state index contributed by atoms with van der Waals surface area (Å²) < 4.78 is 0. The van der Waals surface area contributed by atoms with Crippen molar-refractivity contribution in [2.24, 2.45) is 5.73 Å². The van der Waals surface area contributed by atoms with E-state index in [2.05, 4.69) is 49.7 Å². The van der Waals surface area contributed by atoms with Gasteiger partial charge in [0, 0.05) is 48.6 Å². The molecule has 0 aromatic heterocycles. The van der Waals surface area contributed by atoms with Crippen LogP contribution in [0.25, 0.3) is 10.8 Å². The van der Waals surface area contributed by atoms with Crippen LogP contribution in [0.15, 0.2) is 97.1 Å². The van der Waals surface area contributed by atoms with Crippen LogP contribution in [0.3, 0.4) is 0 Å². The number of fused-ring (bicyclic) bond motifs is 1. The smallest absolute Gasteiger partial charge is 0.251 e. The Hall–Kier alpha value is -4.53. The van der Waals surface area contributed by atoms with Crippen LogP contribution in [0.1, 0.15) is 80.4 Å². The number of amides is 3. The van der Waals surface area contributed by atoms with Gasteiger partial charge in [-0.15, -0.1) is 0 Å². The van der Waals surface area contributed by atoms with Gasteiger partial charge in [-0.05, 0) is 80.1 Å². The number of hydrogen-bond acceptors (Lipinski definition) is 5. The van der Waals surface area contributed by atoms with E-state index in [0.29, 0.717) is 18.5 Å². The van der Waals surface area contributed by atoms with Crippen LogP contribution in [0.2, 0.25) is 0 Å². The highest BCUT2D eigenvalue weighted by Crippen LogP contribution is 2.30. The minimum Gasteiger partial charge on any atom is -0.351 e. The lowest BCUT2D eigenvalue weighted by Gasteiger charge is -2.47. The van der Waals surface area contributed by atoms with Gasteiger partial charge in [0.25, 0.3) is 5.91 Å². The molecule has 4 aromatic carbocycles. The van der Waals surface area contributed by atoms with E-state index in [1.165, 1.54) is 4.90 Å². The molecule has 1 heterocycles. The molecule has 8 heteroatoms. The summed E-state index contributed by atoms with van der Waals surface area (Å²) in [6.45, 7) is 10.8. The highest BCUT2D eigenvalue weighted by Gasteiger charge is 2.41. The second kappa shape index (κ2) is 14.9. The van der Waals surface area contributed by atoms with E-state index in [-0.39, 0.29) is 34.8 Å². The molecule has 1 aliphatic rings. The van der Waals surface area contributed by atoms with Gasteiger partial charge in [-0.2, -0.15) is 0 Å². The molecule has 0 radical (unpaired) electrons. The number of rotatable bonds is 11. The Morgan fingerprint density at radius 1 is 0.837 bits per heavy atom. The Balaban J connectivity index is 1.48. The van der Waals surface area contributed by atoms with E-state index in [4.69, 9.17) is 5.73 Å². The first-order valence-corrected chi connectivity index (χ1v) is 17.2. The molecule has 49 heavy (non-hydrogen) atoms. The van der Waals surface area contributed by atoms with Gasteiger partial charge in [-0.25, -0.2) is 0 Å². The predicted octanol–water partition coefficient (Wildman–Crippen LogP) is 5.70. The topological polar surface area (TPSA) is 117 Å². The van der Waals surface area contributed by atoms with Crippen molar-refractivity contribution in [3.63, 3.8) is 0 Å². The Labute approximate surface area is 290 Å². The summed E-state index contributed by atoms with van der Waals surface area (Å²) >= 11 is 0. The molecule has 1 aliphatic heterocycles. The Morgan fingerprint density at radius 2 is 1.47 bits per heavy atom. The van der Waals surface area contributed by atoms with Crippen LogP contribution >= 0.6 is 0 Å². The van der Waals surface area contributed by atoms with Crippen LogP contribution in [-0.4, -0.2) is 58.9 Å². The van der Waals surface area contributed by atoms with Gasteiger partial charge in [-0.1, -0.05) is 91.9 Å². The van der Waals surface area contributed by atoms with Gasteiger partial charge in [0.1, 0.15) is 12.1 Å². The van der Waals surface area contributed by atoms with E-state index >= 15 is 0 Å². The van der Waals surface area contributed by atoms with Crippen molar-refractivity contribution in [3.8, 4) is 0 Å². The molecule has 3 amide bonds. The number of piperidine rings is 1. The fourth-order valence-corrected chi connectivity index (χ4v) is 7.49. The number of carbonyl (C=O) groups is 3. The number of hydrogen-bond donors (Lipinski definition) is 4. The third kappa shape index (κ3) is 8.94. The second-order valence-corrected chi connectivity index (χ2v) is 14.9. The first-order valence-electron chi connectivity index (χ1n) is 17.2. The van der Waals surface area contributed by atoms with E-state index in [0.717, 1.165) is 40.3 Å². The standard InChI is InChI=1S/C41H51N5O3/c1-27(31-20-19-30-16-10-11-17-32(30)23-31)36(44-37(47)33-18-12-15-29(21-33)26-42)39(49)46(6)35(22-28-13-8-7-9-14-28)38(48)43-34-24-40(2,3)45-41(4,5)25-34/h7-21,23,27,34-36,45H,22,24-26,42H2,1-6H3,(H,43,48)(H,44,47)/t27?,35-,36-/m1/s1. The quantitative estimate of drug-likeness (QED) is 0.165. The van der Waals surface area contributed by atoms with Crippen LogP contribution in [0, 0.1) is 0 Å². The van der Waals surface area contributed by atoms with Crippen molar-refractivity contribution in [2.75, 3.05) is 7.05 Å². The van der Waals surface area contributed by atoms with Crippen molar-refractivity contribution in [3.05, 3.63) is 119 Å². The monoisotopic (exact) mass is 661 g/mol. The van der Waals surface area contributed by atoms with Crippen molar-refractivity contribution in [1.29, 1.82) is 0 Å². The summed E-state index contributed by atoms with van der Waals surface area (Å²) in [5, 5.41) is 12.2. The summed E-state index contributed by atoms with van der Waals surface area (Å²) in [6.07, 6.45) is 1.85. The zero-order chi connectivity index (χ0) is 35.3. The molecule has 1 saturated heterocycles. The Morgan fingerprint density at radius 3 is 2.14 bits per heavy atom. The van der Waals surface area contributed by atoms with Crippen LogP contribution in [0.5, 0.6) is 0 Å². The number of nitrogens with zero attached hydrogens (tertiary/aromatic N) is 1. The van der Waals surface area contributed by atoms with Crippen molar-refractivity contribution in [2.45, 2.75) is 95.5 Å². The fraction of sp³-hybridized carbons (Fsp3) is 0.390. The number of benzene rings is 4. The highest BCUT2D eigenvalue weighted by atomic mass is 16.2. The number of likely N-dealkylation sites (N-methyl/N-ethyl adjacent to an activating group) is 1. The van der Waals surface area contributed by atoms with Gasteiger partial charge < -0.3 is 26.6 Å². The zero-order valence-corrected chi connectivity index (χ0v) is 29.6. The number of nitrogens with two attached hydrogens (primary N) is 1. The summed E-state index contributed by atoms with van der Waals surface area (Å²) in [4.78, 5) is 44.3. The van der Waals surface area contributed by atoms with Crippen molar-refractivity contribution < 1.29 is 14.4 Å². The van der Waals surface area contributed by atoms with Gasteiger partial charge in [0.15, 0.2) is 0 Å². The lowest BCUT2D eigenvalue weighted by atomic mass is 9.79. The van der Waals surface area contributed by atoms with Gasteiger partial charge >= 0.3 is 0 Å². The Bertz CT molecular complexity index is 1770. The average Bonchev–Trinajstić information content (AvgIpc) is 3.07. The minimum absolute atomic E-state index is 0.0672. The van der Waals surface area contributed by atoms with Crippen molar-refractivity contribution in [1.82, 2.24) is 20.9 Å². The maximum absolute atomic E-state index is 14.7. The summed E-state index contributed by atoms with van der Waals surface area (Å²) in [5.41, 5.74) is 8.62. The molecule has 258 valence electrons. The fourth-order valence-electron chi connectivity index (χ4n) is 7.49. The first-order chi connectivity index (χ1) is 23.2. The molecule has 4 aromatic rings. The molecular weight excluding hydrogens is 610 g/mol. The molecule has 0 spiro atoms. The van der Waals surface area contributed by atoms with Gasteiger partial charge in [0.05, 0.1) is 0 Å². The molecule has 5 N–H and O–H groups in total. The maximum Gasteiger partial charge on any atom is 0.251 e. The van der Waals surface area contributed by atoms with E-state index in [9.17, 15) is 14.4 Å². The average molecular weight is 662 g/mol. The van der Waals surface area contributed by atoms with Gasteiger partial charge in [-0.3, -0.25) is 14.4 Å². The molecule has 1 unspecified atom stereocenters. The highest BCUT2D eigenvalue weighted by molar-refractivity contribution is 5.99. The SMILES string of the molecule is CC(c1ccc2ccccc2c1)[C@@H](NC(=O)c1cccc(CN)c1)C(=O)N(C)[C@H](Cc1ccccc1)C(=O)NC1CC(C)(C)NC(C)(C)C1. The summed E-state index contributed by atoms with van der Waals surface area (Å²) in [6, 6.07) is 29.2.